The molecule has 45 heavy (non-hydrogen) atoms. The molecule has 1 saturated heterocycles. The maximum atomic E-state index is 6.48. The highest BCUT2D eigenvalue weighted by molar-refractivity contribution is 6.62. The van der Waals surface area contributed by atoms with E-state index in [0.29, 0.717) is 0 Å². The Morgan fingerprint density at radius 2 is 1.04 bits per heavy atom. The van der Waals surface area contributed by atoms with Gasteiger partial charge in [0.2, 0.25) is 0 Å². The summed E-state index contributed by atoms with van der Waals surface area (Å²) in [7, 11) is -0.462. The fraction of sp³-hybridized carbons (Fsp3) is 0.143. The van der Waals surface area contributed by atoms with Gasteiger partial charge in [-0.3, -0.25) is 0 Å². The lowest BCUT2D eigenvalue weighted by molar-refractivity contribution is 0.00578. The summed E-state index contributed by atoms with van der Waals surface area (Å²) in [5, 5.41) is 0. The first-order valence-electron chi connectivity index (χ1n) is 15.5. The van der Waals surface area contributed by atoms with Gasteiger partial charge in [0.15, 0.2) is 0 Å². The summed E-state index contributed by atoms with van der Waals surface area (Å²) in [6.45, 7) is 16.7. The van der Waals surface area contributed by atoms with E-state index in [1.54, 1.807) is 0 Å². The summed E-state index contributed by atoms with van der Waals surface area (Å²) in [6, 6.07) is 42.8. The van der Waals surface area contributed by atoms with Crippen LogP contribution in [0.2, 0.25) is 0 Å². The van der Waals surface area contributed by atoms with Gasteiger partial charge < -0.3 is 9.31 Å². The summed E-state index contributed by atoms with van der Waals surface area (Å²) in [5.74, 6) is 0. The lowest BCUT2D eigenvalue weighted by Gasteiger charge is -2.32. The zero-order chi connectivity index (χ0) is 31.6. The summed E-state index contributed by atoms with van der Waals surface area (Å²) in [5.41, 5.74) is 11.3. The maximum absolute atomic E-state index is 6.48. The quantitative estimate of drug-likeness (QED) is 0.133. The van der Waals surface area contributed by atoms with Gasteiger partial charge in [-0.15, -0.1) is 0 Å². The summed E-state index contributed by atoms with van der Waals surface area (Å²) in [4.78, 5) is 0. The molecule has 0 N–H and O–H groups in total. The average Bonchev–Trinajstić information content (AvgIpc) is 3.30. The minimum absolute atomic E-state index is 0.428. The van der Waals surface area contributed by atoms with Crippen molar-refractivity contribution in [1.29, 1.82) is 0 Å². The van der Waals surface area contributed by atoms with Gasteiger partial charge in [0.25, 0.3) is 0 Å². The second kappa shape index (κ2) is 12.4. The van der Waals surface area contributed by atoms with Crippen LogP contribution >= 0.6 is 0 Å². The van der Waals surface area contributed by atoms with Gasteiger partial charge in [0.1, 0.15) is 0 Å². The zero-order valence-corrected chi connectivity index (χ0v) is 26.6. The van der Waals surface area contributed by atoms with Crippen LogP contribution < -0.4 is 5.46 Å². The van der Waals surface area contributed by atoms with Crippen LogP contribution in [0.4, 0.5) is 0 Å². The first kappa shape index (κ1) is 30.3. The Hall–Kier alpha value is -4.70. The molecule has 0 aromatic heterocycles. The SMILES string of the molecule is C=C/C=C(\C=C)c1c(-c2ccccc2)c(-c2ccccc2)cc(-c2cccc(B3OC(C)(C)C(C)(C)O3)c2)c1-c1ccccc1. The second-order valence-corrected chi connectivity index (χ2v) is 12.5. The molecule has 1 aliphatic heterocycles. The number of hydrogen-bond acceptors (Lipinski definition) is 2. The van der Waals surface area contributed by atoms with Crippen LogP contribution in [0.15, 0.2) is 153 Å². The predicted octanol–water partition coefficient (Wildman–Crippen LogP) is 10.4. The Morgan fingerprint density at radius 3 is 1.53 bits per heavy atom. The third-order valence-corrected chi connectivity index (χ3v) is 9.07. The third-order valence-electron chi connectivity index (χ3n) is 9.07. The van der Waals surface area contributed by atoms with Crippen LogP contribution in [-0.2, 0) is 9.31 Å². The molecule has 1 heterocycles. The number of benzene rings is 5. The molecule has 0 saturated carbocycles. The van der Waals surface area contributed by atoms with E-state index in [-0.39, 0.29) is 0 Å². The molecule has 3 heteroatoms. The molecule has 1 fully saturated rings. The molecule has 222 valence electrons. The summed E-state index contributed by atoms with van der Waals surface area (Å²) < 4.78 is 13.0. The minimum atomic E-state index is -0.462. The third kappa shape index (κ3) is 5.78. The van der Waals surface area contributed by atoms with Crippen molar-refractivity contribution < 1.29 is 9.31 Å². The highest BCUT2D eigenvalue weighted by Gasteiger charge is 2.51. The Morgan fingerprint density at radius 1 is 0.578 bits per heavy atom. The second-order valence-electron chi connectivity index (χ2n) is 12.5. The van der Waals surface area contributed by atoms with Crippen LogP contribution in [-0.4, -0.2) is 18.3 Å². The van der Waals surface area contributed by atoms with E-state index >= 15 is 0 Å². The first-order valence-corrected chi connectivity index (χ1v) is 15.5. The Kier molecular flexibility index (Phi) is 8.33. The van der Waals surface area contributed by atoms with Crippen LogP contribution in [0.5, 0.6) is 0 Å². The topological polar surface area (TPSA) is 18.5 Å². The van der Waals surface area contributed by atoms with Crippen LogP contribution in [0.3, 0.4) is 0 Å². The largest absolute Gasteiger partial charge is 0.494 e. The van der Waals surface area contributed by atoms with E-state index in [4.69, 9.17) is 9.31 Å². The molecule has 0 bridgehead atoms. The van der Waals surface area contributed by atoms with Crippen molar-refractivity contribution in [2.45, 2.75) is 38.9 Å². The van der Waals surface area contributed by atoms with Gasteiger partial charge in [-0.25, -0.2) is 0 Å². The molecule has 0 amide bonds. The normalized spacial score (nSPS) is 15.6. The molecule has 0 atom stereocenters. The molecule has 2 nitrogen and oxygen atoms in total. The van der Waals surface area contributed by atoms with Crippen LogP contribution in [0, 0.1) is 0 Å². The number of allylic oxidation sites excluding steroid dienone is 4. The highest BCUT2D eigenvalue weighted by atomic mass is 16.7. The van der Waals surface area contributed by atoms with E-state index in [2.05, 4.69) is 168 Å². The molecule has 0 aliphatic carbocycles. The average molecular weight is 587 g/mol. The first-order chi connectivity index (χ1) is 21.7. The fourth-order valence-corrected chi connectivity index (χ4v) is 6.07. The zero-order valence-electron chi connectivity index (χ0n) is 26.6. The van der Waals surface area contributed by atoms with Gasteiger partial charge in [-0.1, -0.05) is 147 Å². The lowest BCUT2D eigenvalue weighted by atomic mass is 9.75. The van der Waals surface area contributed by atoms with Crippen molar-refractivity contribution in [3.63, 3.8) is 0 Å². The molecule has 0 spiro atoms. The highest BCUT2D eigenvalue weighted by Crippen LogP contribution is 2.48. The predicted molar refractivity (Wildman–Crippen MR) is 192 cm³/mol. The van der Waals surface area contributed by atoms with Gasteiger partial charge in [-0.2, -0.15) is 0 Å². The van der Waals surface area contributed by atoms with Crippen molar-refractivity contribution in [3.05, 3.63) is 158 Å². The minimum Gasteiger partial charge on any atom is -0.399 e. The Bertz CT molecular complexity index is 1850. The van der Waals surface area contributed by atoms with Crippen molar-refractivity contribution >= 4 is 18.2 Å². The Labute approximate surface area is 268 Å². The fourth-order valence-electron chi connectivity index (χ4n) is 6.07. The van der Waals surface area contributed by atoms with Gasteiger partial charge >= 0.3 is 7.12 Å². The van der Waals surface area contributed by atoms with Crippen LogP contribution in [0.25, 0.3) is 50.1 Å². The lowest BCUT2D eigenvalue weighted by Crippen LogP contribution is -2.41. The Balaban J connectivity index is 1.73. The van der Waals surface area contributed by atoms with E-state index in [0.717, 1.165) is 61.1 Å². The van der Waals surface area contributed by atoms with Crippen LogP contribution in [0.1, 0.15) is 33.3 Å². The van der Waals surface area contributed by atoms with E-state index in [9.17, 15) is 0 Å². The van der Waals surface area contributed by atoms with Gasteiger partial charge in [0, 0.05) is 0 Å². The molecule has 0 unspecified atom stereocenters. The molecule has 5 aromatic carbocycles. The molecular weight excluding hydrogens is 547 g/mol. The van der Waals surface area contributed by atoms with Crippen molar-refractivity contribution in [2.24, 2.45) is 0 Å². The van der Waals surface area contributed by atoms with Crippen molar-refractivity contribution in [1.82, 2.24) is 0 Å². The molecule has 6 rings (SSSR count). The monoisotopic (exact) mass is 586 g/mol. The summed E-state index contributed by atoms with van der Waals surface area (Å²) in [6.07, 6.45) is 5.84. The van der Waals surface area contributed by atoms with Gasteiger partial charge in [-0.05, 0) is 94.9 Å². The smallest absolute Gasteiger partial charge is 0.399 e. The molecule has 1 aliphatic rings. The van der Waals surface area contributed by atoms with E-state index in [1.807, 2.05) is 12.2 Å². The standard InChI is InChI=1S/C42H39BO2/c1-7-19-30(8-2)40-38(32-22-14-10-15-23-32)36(31-20-12-9-13-21-31)29-37(39(40)33-24-16-11-17-25-33)34-26-18-27-35(28-34)43-44-41(3,4)42(5,6)45-43/h7-29H,1-2H2,3-6H3/b30-19+. The molecule has 5 aromatic rings. The van der Waals surface area contributed by atoms with E-state index < -0.39 is 18.3 Å². The maximum Gasteiger partial charge on any atom is 0.494 e. The number of rotatable bonds is 8. The van der Waals surface area contributed by atoms with E-state index in [1.165, 1.54) is 0 Å². The summed E-state index contributed by atoms with van der Waals surface area (Å²) >= 11 is 0. The van der Waals surface area contributed by atoms with Gasteiger partial charge in [0.05, 0.1) is 11.2 Å². The molecular formula is C42H39BO2. The molecule has 0 radical (unpaired) electrons. The van der Waals surface area contributed by atoms with Crippen molar-refractivity contribution in [3.8, 4) is 44.5 Å². The van der Waals surface area contributed by atoms with Crippen molar-refractivity contribution in [2.75, 3.05) is 0 Å². The number of hydrogen-bond donors (Lipinski definition) is 0.